The molecule has 0 saturated heterocycles. The molecule has 0 aromatic carbocycles. The maximum atomic E-state index is 6.19. The molecule has 1 aromatic heterocycles. The van der Waals surface area contributed by atoms with E-state index in [1.165, 1.54) is 0 Å². The van der Waals surface area contributed by atoms with Gasteiger partial charge < -0.3 is 5.32 Å². The van der Waals surface area contributed by atoms with Crippen LogP contribution in [0.1, 0.15) is 31.7 Å². The molecule has 0 fully saturated rings. The average Bonchev–Trinajstić information content (AvgIpc) is 2.56. The van der Waals surface area contributed by atoms with Gasteiger partial charge in [0.15, 0.2) is 0 Å². The quantitative estimate of drug-likeness (QED) is 0.800. The Morgan fingerprint density at radius 1 is 1.44 bits per heavy atom. The smallest absolute Gasteiger partial charge is 0.0860 e. The van der Waals surface area contributed by atoms with Crippen molar-refractivity contribution in [1.29, 1.82) is 0 Å². The van der Waals surface area contributed by atoms with Crippen molar-refractivity contribution in [2.75, 3.05) is 6.54 Å². The van der Waals surface area contributed by atoms with E-state index in [1.54, 1.807) is 0 Å². The molecule has 1 unspecified atom stereocenters. The summed E-state index contributed by atoms with van der Waals surface area (Å²) >= 11 is 12.2. The zero-order valence-electron chi connectivity index (χ0n) is 10.1. The van der Waals surface area contributed by atoms with Gasteiger partial charge in [-0.3, -0.25) is 4.68 Å². The second-order valence-electron chi connectivity index (χ2n) is 3.80. The summed E-state index contributed by atoms with van der Waals surface area (Å²) in [4.78, 5) is 0. The SMILES string of the molecule is CCC(Cl)CNCc1c(Cl)c(C)nn1CC. The molecule has 0 aliphatic rings. The summed E-state index contributed by atoms with van der Waals surface area (Å²) in [5.41, 5.74) is 1.93. The Labute approximate surface area is 107 Å². The monoisotopic (exact) mass is 263 g/mol. The van der Waals surface area contributed by atoms with Crippen molar-refractivity contribution in [3.8, 4) is 0 Å². The van der Waals surface area contributed by atoms with E-state index in [0.717, 1.165) is 42.5 Å². The van der Waals surface area contributed by atoms with Crippen LogP contribution in [0.2, 0.25) is 5.02 Å². The van der Waals surface area contributed by atoms with E-state index in [2.05, 4.69) is 24.3 Å². The Bertz CT molecular complexity index is 336. The third-order valence-electron chi connectivity index (χ3n) is 2.55. The summed E-state index contributed by atoms with van der Waals surface area (Å²) in [6.07, 6.45) is 0.967. The molecule has 1 rings (SSSR count). The molecule has 0 saturated carbocycles. The van der Waals surface area contributed by atoms with E-state index >= 15 is 0 Å². The van der Waals surface area contributed by atoms with Crippen LogP contribution in [0, 0.1) is 6.92 Å². The predicted molar refractivity (Wildman–Crippen MR) is 69.3 cm³/mol. The van der Waals surface area contributed by atoms with Gasteiger partial charge in [-0.2, -0.15) is 5.10 Å². The van der Waals surface area contributed by atoms with Crippen LogP contribution >= 0.6 is 23.2 Å². The average molecular weight is 264 g/mol. The van der Waals surface area contributed by atoms with Gasteiger partial charge in [-0.05, 0) is 20.3 Å². The number of nitrogens with zero attached hydrogens (tertiary/aromatic N) is 2. The van der Waals surface area contributed by atoms with E-state index in [-0.39, 0.29) is 5.38 Å². The normalized spacial score (nSPS) is 13.1. The molecule has 3 nitrogen and oxygen atoms in total. The van der Waals surface area contributed by atoms with Gasteiger partial charge in [-0.25, -0.2) is 0 Å². The van der Waals surface area contributed by atoms with E-state index in [0.29, 0.717) is 0 Å². The fraction of sp³-hybridized carbons (Fsp3) is 0.727. The molecule has 16 heavy (non-hydrogen) atoms. The number of aromatic nitrogens is 2. The third-order valence-corrected chi connectivity index (χ3v) is 3.51. The number of rotatable bonds is 6. The first-order valence-electron chi connectivity index (χ1n) is 5.66. The molecule has 1 aromatic rings. The van der Waals surface area contributed by atoms with Gasteiger partial charge >= 0.3 is 0 Å². The van der Waals surface area contributed by atoms with Crippen LogP contribution in [0.4, 0.5) is 0 Å². The van der Waals surface area contributed by atoms with Crippen LogP contribution in [0.25, 0.3) is 0 Å². The Kier molecular flexibility index (Phi) is 5.59. The number of halogens is 2. The van der Waals surface area contributed by atoms with Crippen molar-refractivity contribution in [3.63, 3.8) is 0 Å². The molecule has 1 N–H and O–H groups in total. The van der Waals surface area contributed by atoms with Crippen LogP contribution in [-0.4, -0.2) is 21.7 Å². The van der Waals surface area contributed by atoms with Crippen molar-refractivity contribution in [3.05, 3.63) is 16.4 Å². The lowest BCUT2D eigenvalue weighted by Crippen LogP contribution is -2.24. The van der Waals surface area contributed by atoms with Crippen molar-refractivity contribution < 1.29 is 0 Å². The molecular formula is C11H19Cl2N3. The van der Waals surface area contributed by atoms with Crippen LogP contribution in [0.15, 0.2) is 0 Å². The lowest BCUT2D eigenvalue weighted by atomic mass is 10.3. The maximum absolute atomic E-state index is 6.19. The number of hydrogen-bond donors (Lipinski definition) is 1. The van der Waals surface area contributed by atoms with Crippen molar-refractivity contribution in [2.45, 2.75) is 45.7 Å². The van der Waals surface area contributed by atoms with Crippen LogP contribution < -0.4 is 5.32 Å². The van der Waals surface area contributed by atoms with Gasteiger partial charge in [-0.15, -0.1) is 11.6 Å². The molecule has 1 heterocycles. The summed E-state index contributed by atoms with van der Waals surface area (Å²) in [5.74, 6) is 0. The summed E-state index contributed by atoms with van der Waals surface area (Å²) < 4.78 is 1.93. The van der Waals surface area contributed by atoms with E-state index in [1.807, 2.05) is 11.6 Å². The number of alkyl halides is 1. The fourth-order valence-corrected chi connectivity index (χ4v) is 1.84. The first-order valence-corrected chi connectivity index (χ1v) is 6.48. The van der Waals surface area contributed by atoms with Gasteiger partial charge in [-0.1, -0.05) is 18.5 Å². The molecule has 0 aliphatic heterocycles. The lowest BCUT2D eigenvalue weighted by molar-refractivity contribution is 0.571. The molecule has 0 bridgehead atoms. The van der Waals surface area contributed by atoms with Crippen molar-refractivity contribution >= 4 is 23.2 Å². The van der Waals surface area contributed by atoms with E-state index in [4.69, 9.17) is 23.2 Å². The van der Waals surface area contributed by atoms with E-state index < -0.39 is 0 Å². The van der Waals surface area contributed by atoms with Gasteiger partial charge in [0, 0.05) is 25.0 Å². The van der Waals surface area contributed by atoms with Crippen LogP contribution in [0.5, 0.6) is 0 Å². The minimum atomic E-state index is 0.179. The number of nitrogens with one attached hydrogen (secondary N) is 1. The standard InChI is InChI=1S/C11H19Cl2N3/c1-4-9(12)6-14-7-10-11(13)8(3)15-16(10)5-2/h9,14H,4-7H2,1-3H3. The molecule has 1 atom stereocenters. The van der Waals surface area contributed by atoms with Crippen LogP contribution in [0.3, 0.4) is 0 Å². The van der Waals surface area contributed by atoms with Gasteiger partial charge in [0.05, 0.1) is 16.4 Å². The minimum absolute atomic E-state index is 0.179. The number of aryl methyl sites for hydroxylation is 2. The fourth-order valence-electron chi connectivity index (χ4n) is 1.53. The third kappa shape index (κ3) is 3.37. The summed E-state index contributed by atoms with van der Waals surface area (Å²) in [6.45, 7) is 8.41. The van der Waals surface area contributed by atoms with Gasteiger partial charge in [0.2, 0.25) is 0 Å². The second-order valence-corrected chi connectivity index (χ2v) is 4.79. The Balaban J connectivity index is 2.59. The molecule has 0 spiro atoms. The van der Waals surface area contributed by atoms with Gasteiger partial charge in [0.1, 0.15) is 0 Å². The molecular weight excluding hydrogens is 245 g/mol. The molecule has 0 aliphatic carbocycles. The maximum Gasteiger partial charge on any atom is 0.0860 e. The Morgan fingerprint density at radius 2 is 2.12 bits per heavy atom. The zero-order chi connectivity index (χ0) is 12.1. The van der Waals surface area contributed by atoms with E-state index in [9.17, 15) is 0 Å². The zero-order valence-corrected chi connectivity index (χ0v) is 11.6. The highest BCUT2D eigenvalue weighted by Gasteiger charge is 2.12. The number of hydrogen-bond acceptors (Lipinski definition) is 2. The summed E-state index contributed by atoms with van der Waals surface area (Å²) in [7, 11) is 0. The predicted octanol–water partition coefficient (Wildman–Crippen LogP) is 2.97. The highest BCUT2D eigenvalue weighted by atomic mass is 35.5. The first kappa shape index (κ1) is 13.8. The summed E-state index contributed by atoms with van der Waals surface area (Å²) in [6, 6.07) is 0. The highest BCUT2D eigenvalue weighted by molar-refractivity contribution is 6.31. The van der Waals surface area contributed by atoms with Crippen LogP contribution in [-0.2, 0) is 13.1 Å². The van der Waals surface area contributed by atoms with Gasteiger partial charge in [0.25, 0.3) is 0 Å². The Morgan fingerprint density at radius 3 is 2.69 bits per heavy atom. The molecule has 5 heteroatoms. The largest absolute Gasteiger partial charge is 0.310 e. The van der Waals surface area contributed by atoms with Crippen molar-refractivity contribution in [2.24, 2.45) is 0 Å². The molecule has 92 valence electrons. The first-order chi connectivity index (χ1) is 7.60. The minimum Gasteiger partial charge on any atom is -0.310 e. The topological polar surface area (TPSA) is 29.9 Å². The second kappa shape index (κ2) is 6.48. The Hall–Kier alpha value is -0.250. The lowest BCUT2D eigenvalue weighted by Gasteiger charge is -2.09. The summed E-state index contributed by atoms with van der Waals surface area (Å²) in [5, 5.41) is 8.60. The highest BCUT2D eigenvalue weighted by Crippen LogP contribution is 2.19. The molecule has 0 radical (unpaired) electrons. The van der Waals surface area contributed by atoms with Crippen molar-refractivity contribution in [1.82, 2.24) is 15.1 Å². The molecule has 0 amide bonds.